The molecule has 1 aliphatic heterocycles. The molecule has 0 fully saturated rings. The maximum Gasteiger partial charge on any atom is 0.173 e. The van der Waals surface area contributed by atoms with E-state index in [1.54, 1.807) is 7.11 Å². The lowest BCUT2D eigenvalue weighted by Gasteiger charge is -2.52. The fourth-order valence-electron chi connectivity index (χ4n) is 8.23. The van der Waals surface area contributed by atoms with E-state index in [0.29, 0.717) is 0 Å². The number of ether oxygens (including phenoxy) is 1. The molecule has 2 atom stereocenters. The summed E-state index contributed by atoms with van der Waals surface area (Å²) in [7, 11) is 3.85. The number of carbonyl (C=O) groups excluding carboxylic acids is 1. The van der Waals surface area contributed by atoms with Gasteiger partial charge in [0.15, 0.2) is 5.78 Å². The van der Waals surface area contributed by atoms with Crippen LogP contribution in [0.25, 0.3) is 32.7 Å². The van der Waals surface area contributed by atoms with Gasteiger partial charge in [-0.15, -0.1) is 0 Å². The van der Waals surface area contributed by atoms with Crippen LogP contribution in [-0.2, 0) is 5.41 Å². The van der Waals surface area contributed by atoms with Gasteiger partial charge in [-0.3, -0.25) is 4.79 Å². The lowest BCUT2D eigenvalue weighted by molar-refractivity contribution is 0.0885. The SMILES string of the molecule is COc1ccc(C2=CC(c3ccc4ccccc4c3)=CC3(C2C(=O)c2ccc4ccccc4c2)N(C)c2ccccc2C3(C)C)cc1. The lowest BCUT2D eigenvalue weighted by Crippen LogP contribution is -2.61. The average Bonchev–Trinajstić information content (AvgIpc) is 3.28. The first kappa shape index (κ1) is 29.0. The second kappa shape index (κ2) is 10.8. The number of fused-ring (bicyclic) bond motifs is 3. The highest BCUT2D eigenvalue weighted by Crippen LogP contribution is 2.60. The first-order chi connectivity index (χ1) is 22.8. The van der Waals surface area contributed by atoms with Crippen LogP contribution in [0.1, 0.15) is 40.9 Å². The van der Waals surface area contributed by atoms with Crippen molar-refractivity contribution < 1.29 is 9.53 Å². The van der Waals surface area contributed by atoms with Gasteiger partial charge in [0.05, 0.1) is 18.6 Å². The van der Waals surface area contributed by atoms with Crippen LogP contribution in [0.5, 0.6) is 5.75 Å². The molecule has 3 heteroatoms. The second-order valence-corrected chi connectivity index (χ2v) is 13.4. The molecule has 6 aromatic rings. The minimum Gasteiger partial charge on any atom is -0.497 e. The molecule has 0 saturated carbocycles. The van der Waals surface area contributed by atoms with Crippen molar-refractivity contribution in [2.24, 2.45) is 5.92 Å². The summed E-state index contributed by atoms with van der Waals surface area (Å²) in [6, 6.07) is 46.4. The molecule has 3 nitrogen and oxygen atoms in total. The maximum absolute atomic E-state index is 15.4. The van der Waals surface area contributed by atoms with E-state index in [4.69, 9.17) is 4.74 Å². The molecule has 1 aliphatic carbocycles. The molecule has 6 aromatic carbocycles. The van der Waals surface area contributed by atoms with Crippen LogP contribution in [0.3, 0.4) is 0 Å². The molecule has 1 spiro atoms. The van der Waals surface area contributed by atoms with E-state index in [1.165, 1.54) is 16.3 Å². The summed E-state index contributed by atoms with van der Waals surface area (Å²) < 4.78 is 5.55. The van der Waals surface area contributed by atoms with Gasteiger partial charge in [-0.25, -0.2) is 0 Å². The van der Waals surface area contributed by atoms with Gasteiger partial charge < -0.3 is 9.64 Å². The molecule has 230 valence electrons. The topological polar surface area (TPSA) is 29.5 Å². The first-order valence-corrected chi connectivity index (χ1v) is 16.3. The predicted molar refractivity (Wildman–Crippen MR) is 195 cm³/mol. The Balaban J connectivity index is 1.42. The second-order valence-electron chi connectivity index (χ2n) is 13.4. The van der Waals surface area contributed by atoms with E-state index in [9.17, 15) is 0 Å². The summed E-state index contributed by atoms with van der Waals surface area (Å²) in [6.07, 6.45) is 4.65. The van der Waals surface area contributed by atoms with Gasteiger partial charge in [0, 0.05) is 23.7 Å². The van der Waals surface area contributed by atoms with Crippen LogP contribution in [-0.4, -0.2) is 25.5 Å². The third kappa shape index (κ3) is 4.37. The highest BCUT2D eigenvalue weighted by atomic mass is 16.5. The summed E-state index contributed by atoms with van der Waals surface area (Å²) in [4.78, 5) is 17.8. The Morgan fingerprint density at radius 2 is 1.28 bits per heavy atom. The standard InChI is InChI=1S/C44H37NO2/c1-43(2)39-15-9-10-16-40(39)45(3)44(43)28-36(34-19-17-29-11-5-7-13-32(29)25-34)27-38(31-21-23-37(47-4)24-22-31)41(44)42(46)35-20-18-30-12-6-8-14-33(30)26-35/h5-28,41H,1-4H3. The van der Waals surface area contributed by atoms with E-state index in [2.05, 4.69) is 141 Å². The molecular weight excluding hydrogens is 574 g/mol. The predicted octanol–water partition coefficient (Wildman–Crippen LogP) is 10.1. The van der Waals surface area contributed by atoms with Crippen LogP contribution >= 0.6 is 0 Å². The van der Waals surface area contributed by atoms with Crippen molar-refractivity contribution in [2.45, 2.75) is 24.8 Å². The van der Waals surface area contributed by atoms with E-state index in [1.807, 2.05) is 30.3 Å². The smallest absolute Gasteiger partial charge is 0.173 e. The Labute approximate surface area is 276 Å². The van der Waals surface area contributed by atoms with E-state index in [-0.39, 0.29) is 5.78 Å². The fourth-order valence-corrected chi connectivity index (χ4v) is 8.23. The Morgan fingerprint density at radius 3 is 1.96 bits per heavy atom. The van der Waals surface area contributed by atoms with Crippen molar-refractivity contribution in [3.8, 4) is 5.75 Å². The fraction of sp³-hybridized carbons (Fsp3) is 0.159. The van der Waals surface area contributed by atoms with Crippen LogP contribution in [0.15, 0.2) is 146 Å². The number of rotatable bonds is 5. The number of methoxy groups -OCH3 is 1. The number of hydrogen-bond donors (Lipinski definition) is 0. The van der Waals surface area contributed by atoms with Gasteiger partial charge in [0.1, 0.15) is 5.75 Å². The van der Waals surface area contributed by atoms with Crippen LogP contribution in [0, 0.1) is 5.92 Å². The highest BCUT2D eigenvalue weighted by molar-refractivity contribution is 6.11. The number of anilines is 1. The zero-order chi connectivity index (χ0) is 32.3. The van der Waals surface area contributed by atoms with Gasteiger partial charge in [0.25, 0.3) is 0 Å². The third-order valence-corrected chi connectivity index (χ3v) is 10.7. The molecule has 8 rings (SSSR count). The Hall–Kier alpha value is -5.41. The summed E-state index contributed by atoms with van der Waals surface area (Å²) in [5, 5.41) is 4.58. The van der Waals surface area contributed by atoms with Crippen molar-refractivity contribution in [3.05, 3.63) is 168 Å². The van der Waals surface area contributed by atoms with E-state index >= 15 is 4.79 Å². The summed E-state index contributed by atoms with van der Waals surface area (Å²) in [5.74, 6) is 0.390. The zero-order valence-corrected chi connectivity index (χ0v) is 27.2. The summed E-state index contributed by atoms with van der Waals surface area (Å²) >= 11 is 0. The minimum absolute atomic E-state index is 0.111. The molecule has 0 radical (unpaired) electrons. The number of allylic oxidation sites excluding steroid dienone is 2. The average molecular weight is 612 g/mol. The minimum atomic E-state index is -0.718. The van der Waals surface area contributed by atoms with Crippen molar-refractivity contribution >= 4 is 44.2 Å². The van der Waals surface area contributed by atoms with E-state index in [0.717, 1.165) is 50.0 Å². The quantitative estimate of drug-likeness (QED) is 0.182. The van der Waals surface area contributed by atoms with Gasteiger partial charge in [-0.2, -0.15) is 0 Å². The van der Waals surface area contributed by atoms with E-state index < -0.39 is 16.9 Å². The van der Waals surface area contributed by atoms with Gasteiger partial charge >= 0.3 is 0 Å². The molecule has 0 N–H and O–H groups in total. The molecule has 0 bridgehead atoms. The van der Waals surface area contributed by atoms with Crippen molar-refractivity contribution in [2.75, 3.05) is 19.1 Å². The number of Topliss-reactive ketones (excluding diaryl/α,β-unsaturated/α-hetero) is 1. The Bertz CT molecular complexity index is 2260. The first-order valence-electron chi connectivity index (χ1n) is 16.3. The number of benzene rings is 6. The number of nitrogens with zero attached hydrogens (tertiary/aromatic N) is 1. The van der Waals surface area contributed by atoms with Crippen LogP contribution in [0.4, 0.5) is 5.69 Å². The normalized spacial score (nSPS) is 19.8. The van der Waals surface area contributed by atoms with Crippen molar-refractivity contribution in [3.63, 3.8) is 0 Å². The summed E-state index contributed by atoms with van der Waals surface area (Å²) in [5.41, 5.74) is 6.22. The molecule has 2 aliphatic rings. The number of likely N-dealkylation sites (N-methyl/N-ethyl adjacent to an activating group) is 1. The summed E-state index contributed by atoms with van der Waals surface area (Å²) in [6.45, 7) is 4.61. The Morgan fingerprint density at radius 1 is 0.681 bits per heavy atom. The lowest BCUT2D eigenvalue weighted by atomic mass is 9.57. The number of para-hydroxylation sites is 1. The number of carbonyl (C=O) groups is 1. The monoisotopic (exact) mass is 611 g/mol. The van der Waals surface area contributed by atoms with Gasteiger partial charge in [-0.1, -0.05) is 117 Å². The zero-order valence-electron chi connectivity index (χ0n) is 27.2. The third-order valence-electron chi connectivity index (χ3n) is 10.7. The van der Waals surface area contributed by atoms with Crippen LogP contribution in [0.2, 0.25) is 0 Å². The van der Waals surface area contributed by atoms with Gasteiger partial charge in [0.2, 0.25) is 0 Å². The largest absolute Gasteiger partial charge is 0.497 e. The molecule has 0 aromatic heterocycles. The van der Waals surface area contributed by atoms with Gasteiger partial charge in [-0.05, 0) is 91.9 Å². The molecule has 0 saturated heterocycles. The van der Waals surface area contributed by atoms with Crippen molar-refractivity contribution in [1.82, 2.24) is 0 Å². The Kier molecular flexibility index (Phi) is 6.70. The number of hydrogen-bond acceptors (Lipinski definition) is 3. The molecule has 0 amide bonds. The molecule has 47 heavy (non-hydrogen) atoms. The highest BCUT2D eigenvalue weighted by Gasteiger charge is 2.62. The molecule has 1 heterocycles. The maximum atomic E-state index is 15.4. The number of ketones is 1. The molecule has 2 unspecified atom stereocenters. The van der Waals surface area contributed by atoms with Crippen LogP contribution < -0.4 is 9.64 Å². The van der Waals surface area contributed by atoms with Crippen molar-refractivity contribution in [1.29, 1.82) is 0 Å². The molecular formula is C44H37NO2.